The van der Waals surface area contributed by atoms with E-state index >= 15 is 0 Å². The highest BCUT2D eigenvalue weighted by atomic mass is 32.1. The number of ether oxygens (including phenoxy) is 3. The maximum atomic E-state index is 12.7. The molecule has 32 heavy (non-hydrogen) atoms. The highest BCUT2D eigenvalue weighted by molar-refractivity contribution is 7.17. The number of hydrogen-bond donors (Lipinski definition) is 0. The monoisotopic (exact) mass is 448 g/mol. The van der Waals surface area contributed by atoms with Gasteiger partial charge in [-0.1, -0.05) is 17.7 Å². The largest absolute Gasteiger partial charge is 0.486 e. The van der Waals surface area contributed by atoms with Gasteiger partial charge in [0.15, 0.2) is 17.6 Å². The summed E-state index contributed by atoms with van der Waals surface area (Å²) in [6.07, 6.45) is -0.672. The molecule has 0 radical (unpaired) electrons. The number of thiophene rings is 1. The Bertz CT molecular complexity index is 1260. The maximum Gasteiger partial charge on any atom is 0.349 e. The van der Waals surface area contributed by atoms with E-state index in [0.717, 1.165) is 27.3 Å². The van der Waals surface area contributed by atoms with Crippen molar-refractivity contribution >= 4 is 17.3 Å². The Kier molecular flexibility index (Phi) is 5.36. The lowest BCUT2D eigenvalue weighted by molar-refractivity contribution is 0.0285. The molecule has 2 aromatic carbocycles. The second kappa shape index (κ2) is 8.47. The topological polar surface area (TPSA) is 83.7 Å². The molecule has 0 spiro atoms. The Balaban J connectivity index is 1.28. The number of aromatic nitrogens is 2. The van der Waals surface area contributed by atoms with Crippen LogP contribution in [0.5, 0.6) is 11.5 Å². The van der Waals surface area contributed by atoms with E-state index in [-0.39, 0.29) is 5.89 Å². The van der Waals surface area contributed by atoms with Gasteiger partial charge in [0, 0.05) is 10.4 Å². The van der Waals surface area contributed by atoms with Crippen LogP contribution in [-0.2, 0) is 4.74 Å². The van der Waals surface area contributed by atoms with Crippen LogP contribution in [0.25, 0.3) is 21.9 Å². The van der Waals surface area contributed by atoms with Gasteiger partial charge < -0.3 is 18.6 Å². The lowest BCUT2D eigenvalue weighted by atomic mass is 10.1. The SMILES string of the molecule is Cc1ccc(-c2nnc(C(C)OC(=O)c3ccc(-c4ccc5c(c4)OCCO5)s3)o2)cc1. The highest BCUT2D eigenvalue weighted by Crippen LogP contribution is 2.37. The van der Waals surface area contributed by atoms with Crippen LogP contribution in [0, 0.1) is 6.92 Å². The van der Waals surface area contributed by atoms with Gasteiger partial charge in [-0.15, -0.1) is 21.5 Å². The molecule has 0 saturated heterocycles. The van der Waals surface area contributed by atoms with E-state index in [1.165, 1.54) is 11.3 Å². The normalized spacial score (nSPS) is 13.6. The zero-order valence-corrected chi connectivity index (χ0v) is 18.3. The molecule has 1 unspecified atom stereocenters. The van der Waals surface area contributed by atoms with Crippen LogP contribution in [0.3, 0.4) is 0 Å². The third-order valence-electron chi connectivity index (χ3n) is 5.00. The Labute approximate surface area is 188 Å². The Morgan fingerprint density at radius 3 is 2.53 bits per heavy atom. The molecule has 0 N–H and O–H groups in total. The minimum Gasteiger partial charge on any atom is -0.486 e. The fourth-order valence-electron chi connectivity index (χ4n) is 3.28. The first-order chi connectivity index (χ1) is 15.6. The third kappa shape index (κ3) is 4.09. The van der Waals surface area contributed by atoms with E-state index in [9.17, 15) is 4.79 Å². The molecule has 162 valence electrons. The quantitative estimate of drug-likeness (QED) is 0.375. The maximum absolute atomic E-state index is 12.7. The van der Waals surface area contributed by atoms with E-state index in [1.807, 2.05) is 55.5 Å². The van der Waals surface area contributed by atoms with Crippen LogP contribution in [0.4, 0.5) is 0 Å². The van der Waals surface area contributed by atoms with Crippen molar-refractivity contribution in [1.29, 1.82) is 0 Å². The van der Waals surface area contributed by atoms with Gasteiger partial charge >= 0.3 is 5.97 Å². The Hall–Kier alpha value is -3.65. The first-order valence-electron chi connectivity index (χ1n) is 10.2. The summed E-state index contributed by atoms with van der Waals surface area (Å²) < 4.78 is 22.5. The highest BCUT2D eigenvalue weighted by Gasteiger charge is 2.22. The third-order valence-corrected chi connectivity index (χ3v) is 6.12. The van der Waals surface area contributed by atoms with Crippen molar-refractivity contribution in [2.75, 3.05) is 13.2 Å². The van der Waals surface area contributed by atoms with Crippen LogP contribution in [0.15, 0.2) is 59.0 Å². The summed E-state index contributed by atoms with van der Waals surface area (Å²) in [5.41, 5.74) is 2.91. The number of fused-ring (bicyclic) bond motifs is 1. The molecule has 0 amide bonds. The predicted octanol–water partition coefficient (Wildman–Crippen LogP) is 5.46. The smallest absolute Gasteiger partial charge is 0.349 e. The molecule has 4 aromatic rings. The fourth-order valence-corrected chi connectivity index (χ4v) is 4.17. The summed E-state index contributed by atoms with van der Waals surface area (Å²) >= 11 is 1.35. The first-order valence-corrected chi connectivity index (χ1v) is 11.0. The predicted molar refractivity (Wildman–Crippen MR) is 119 cm³/mol. The van der Waals surface area contributed by atoms with Crippen LogP contribution < -0.4 is 9.47 Å². The van der Waals surface area contributed by atoms with Crippen LogP contribution in [-0.4, -0.2) is 29.4 Å². The summed E-state index contributed by atoms with van der Waals surface area (Å²) in [5.74, 6) is 1.63. The van der Waals surface area contributed by atoms with E-state index in [4.69, 9.17) is 18.6 Å². The van der Waals surface area contributed by atoms with Crippen molar-refractivity contribution < 1.29 is 23.4 Å². The zero-order valence-electron chi connectivity index (χ0n) is 17.5. The number of benzene rings is 2. The van der Waals surface area contributed by atoms with Crippen molar-refractivity contribution in [2.24, 2.45) is 0 Å². The van der Waals surface area contributed by atoms with Crippen LogP contribution in [0.1, 0.15) is 34.2 Å². The summed E-state index contributed by atoms with van der Waals surface area (Å²) in [5, 5.41) is 8.11. The summed E-state index contributed by atoms with van der Waals surface area (Å²) in [4.78, 5) is 14.1. The van der Waals surface area contributed by atoms with Crippen molar-refractivity contribution in [3.8, 4) is 33.4 Å². The molecule has 1 atom stereocenters. The summed E-state index contributed by atoms with van der Waals surface area (Å²) in [6.45, 7) is 4.79. The second-order valence-electron chi connectivity index (χ2n) is 7.38. The number of hydrogen-bond acceptors (Lipinski definition) is 8. The van der Waals surface area contributed by atoms with E-state index in [1.54, 1.807) is 13.0 Å². The summed E-state index contributed by atoms with van der Waals surface area (Å²) in [6, 6.07) is 17.1. The minimum absolute atomic E-state index is 0.248. The number of aryl methyl sites for hydroxylation is 1. The Morgan fingerprint density at radius 2 is 1.72 bits per heavy atom. The van der Waals surface area contributed by atoms with Gasteiger partial charge in [0.05, 0.1) is 0 Å². The van der Waals surface area contributed by atoms with Gasteiger partial charge in [-0.25, -0.2) is 4.79 Å². The molecule has 3 heterocycles. The fraction of sp³-hybridized carbons (Fsp3) is 0.208. The second-order valence-corrected chi connectivity index (χ2v) is 8.47. The molecule has 2 aromatic heterocycles. The minimum atomic E-state index is -0.672. The number of carbonyl (C=O) groups excluding carboxylic acids is 1. The Morgan fingerprint density at radius 1 is 0.969 bits per heavy atom. The van der Waals surface area contributed by atoms with Gasteiger partial charge in [0.25, 0.3) is 5.89 Å². The van der Waals surface area contributed by atoms with Gasteiger partial charge in [0.1, 0.15) is 18.1 Å². The first kappa shape index (κ1) is 20.3. The molecule has 1 aliphatic heterocycles. The van der Waals surface area contributed by atoms with Gasteiger partial charge in [-0.05, 0) is 61.9 Å². The number of rotatable bonds is 5. The molecule has 0 saturated carbocycles. The van der Waals surface area contributed by atoms with Crippen LogP contribution >= 0.6 is 11.3 Å². The van der Waals surface area contributed by atoms with Crippen molar-refractivity contribution in [3.05, 3.63) is 70.9 Å². The average Bonchev–Trinajstić information content (AvgIpc) is 3.50. The van der Waals surface area contributed by atoms with Gasteiger partial charge in [-0.3, -0.25) is 0 Å². The molecular formula is C24H20N2O5S. The standard InChI is InChI=1S/C24H20N2O5S/c1-14-3-5-16(6-4-14)23-26-25-22(31-23)15(2)30-24(27)21-10-9-20(32-21)17-7-8-18-19(13-17)29-12-11-28-18/h3-10,13,15H,11-12H2,1-2H3. The van der Waals surface area contributed by atoms with Crippen LogP contribution in [0.2, 0.25) is 0 Å². The molecule has 0 fully saturated rings. The molecule has 5 rings (SSSR count). The van der Waals surface area contributed by atoms with Crippen molar-refractivity contribution in [1.82, 2.24) is 10.2 Å². The van der Waals surface area contributed by atoms with Crippen molar-refractivity contribution in [3.63, 3.8) is 0 Å². The molecule has 0 aliphatic carbocycles. The molecule has 1 aliphatic rings. The average molecular weight is 449 g/mol. The number of esters is 1. The van der Waals surface area contributed by atoms with Gasteiger partial charge in [-0.2, -0.15) is 0 Å². The van der Waals surface area contributed by atoms with E-state index < -0.39 is 12.1 Å². The van der Waals surface area contributed by atoms with E-state index in [0.29, 0.717) is 29.7 Å². The van der Waals surface area contributed by atoms with Crippen molar-refractivity contribution in [2.45, 2.75) is 20.0 Å². The zero-order chi connectivity index (χ0) is 22.1. The lowest BCUT2D eigenvalue weighted by Crippen LogP contribution is -2.15. The van der Waals surface area contributed by atoms with E-state index in [2.05, 4.69) is 10.2 Å². The lowest BCUT2D eigenvalue weighted by Gasteiger charge is -2.18. The molecule has 8 heteroatoms. The number of nitrogens with zero attached hydrogens (tertiary/aromatic N) is 2. The molecule has 7 nitrogen and oxygen atoms in total. The molecular weight excluding hydrogens is 428 g/mol. The summed E-state index contributed by atoms with van der Waals surface area (Å²) in [7, 11) is 0. The van der Waals surface area contributed by atoms with Gasteiger partial charge in [0.2, 0.25) is 5.89 Å². The molecule has 0 bridgehead atoms. The number of carbonyl (C=O) groups is 1.